The average molecular weight is 645 g/mol. The Morgan fingerprint density at radius 2 is 1.52 bits per heavy atom. The lowest BCUT2D eigenvalue weighted by molar-refractivity contribution is -0.140. The zero-order chi connectivity index (χ0) is 29.4. The number of halogens is 4. The molecule has 0 heterocycles. The number of nitrogens with one attached hydrogen (secondary N) is 1. The van der Waals surface area contributed by atoms with Crippen LogP contribution in [-0.2, 0) is 26.2 Å². The average Bonchev–Trinajstić information content (AvgIpc) is 2.91. The zero-order valence-corrected chi connectivity index (χ0v) is 25.8. The second-order valence-corrected chi connectivity index (χ2v) is 12.5. The lowest BCUT2D eigenvalue weighted by atomic mass is 10.1. The number of benzene rings is 3. The van der Waals surface area contributed by atoms with Gasteiger partial charge in [-0.05, 0) is 60.9 Å². The lowest BCUT2D eigenvalue weighted by Gasteiger charge is -2.33. The molecular weight excluding hydrogens is 616 g/mol. The van der Waals surface area contributed by atoms with E-state index in [9.17, 15) is 18.0 Å². The number of amides is 2. The van der Waals surface area contributed by atoms with Crippen molar-refractivity contribution in [2.24, 2.45) is 0 Å². The number of hydrogen-bond acceptors (Lipinski definition) is 4. The Hall–Kier alpha value is -2.49. The molecule has 0 aliphatic rings. The van der Waals surface area contributed by atoms with Crippen LogP contribution in [0.5, 0.6) is 0 Å². The molecule has 3 aromatic carbocycles. The summed E-state index contributed by atoms with van der Waals surface area (Å²) in [5, 5.41) is 3.94. The molecule has 0 saturated carbocycles. The predicted molar refractivity (Wildman–Crippen MR) is 162 cm³/mol. The minimum atomic E-state index is -4.25. The lowest BCUT2D eigenvalue weighted by Crippen LogP contribution is -2.52. The van der Waals surface area contributed by atoms with Gasteiger partial charge in [0.15, 0.2) is 0 Å². The fraction of sp³-hybridized carbons (Fsp3) is 0.286. The summed E-state index contributed by atoms with van der Waals surface area (Å²) in [6, 6.07) is 15.9. The third-order valence-corrected chi connectivity index (χ3v) is 8.85. The Balaban J connectivity index is 2.09. The van der Waals surface area contributed by atoms with Gasteiger partial charge in [0.2, 0.25) is 11.8 Å². The summed E-state index contributed by atoms with van der Waals surface area (Å²) < 4.78 is 28.6. The van der Waals surface area contributed by atoms with E-state index in [0.29, 0.717) is 28.6 Å². The first-order valence-corrected chi connectivity index (χ1v) is 15.5. The molecule has 0 spiro atoms. The molecule has 214 valence electrons. The fourth-order valence-electron chi connectivity index (χ4n) is 4.05. The molecule has 0 unspecified atom stereocenters. The second-order valence-electron chi connectivity index (χ2n) is 8.92. The Morgan fingerprint density at radius 3 is 2.10 bits per heavy atom. The van der Waals surface area contributed by atoms with Crippen LogP contribution in [0.15, 0.2) is 71.6 Å². The van der Waals surface area contributed by atoms with Gasteiger partial charge in [0.25, 0.3) is 10.0 Å². The van der Waals surface area contributed by atoms with Crippen LogP contribution in [0.2, 0.25) is 20.1 Å². The number of sulfonamides is 1. The number of carbonyl (C=O) groups is 2. The molecule has 0 aliphatic carbocycles. The van der Waals surface area contributed by atoms with E-state index in [0.717, 1.165) is 4.31 Å². The Bertz CT molecular complexity index is 1430. The van der Waals surface area contributed by atoms with Crippen LogP contribution < -0.4 is 9.62 Å². The smallest absolute Gasteiger partial charge is 0.264 e. The van der Waals surface area contributed by atoms with E-state index in [2.05, 4.69) is 5.32 Å². The molecule has 3 rings (SSSR count). The van der Waals surface area contributed by atoms with Crippen molar-refractivity contribution >= 4 is 73.9 Å². The molecule has 7 nitrogen and oxygen atoms in total. The molecule has 2 amide bonds. The van der Waals surface area contributed by atoms with E-state index < -0.39 is 28.5 Å². The molecule has 0 fully saturated rings. The van der Waals surface area contributed by atoms with E-state index in [1.807, 2.05) is 6.92 Å². The summed E-state index contributed by atoms with van der Waals surface area (Å²) in [6.07, 6.45) is 0.985. The molecule has 0 bridgehead atoms. The van der Waals surface area contributed by atoms with Crippen molar-refractivity contribution in [3.05, 3.63) is 92.4 Å². The molecule has 1 atom stereocenters. The molecule has 1 N–H and O–H groups in total. The highest BCUT2D eigenvalue weighted by molar-refractivity contribution is 7.92. The summed E-state index contributed by atoms with van der Waals surface area (Å²) >= 11 is 24.9. The van der Waals surface area contributed by atoms with Crippen LogP contribution in [0, 0.1) is 0 Å². The van der Waals surface area contributed by atoms with Crippen molar-refractivity contribution in [1.82, 2.24) is 10.2 Å². The number of carbonyl (C=O) groups excluding carboxylic acids is 2. The van der Waals surface area contributed by atoms with Crippen LogP contribution in [0.3, 0.4) is 0 Å². The van der Waals surface area contributed by atoms with Gasteiger partial charge < -0.3 is 10.2 Å². The van der Waals surface area contributed by atoms with Gasteiger partial charge in [-0.3, -0.25) is 13.9 Å². The van der Waals surface area contributed by atoms with Crippen LogP contribution in [0.1, 0.15) is 32.3 Å². The fourth-order valence-corrected chi connectivity index (χ4v) is 6.45. The molecule has 3 aromatic rings. The number of nitrogens with zero attached hydrogens (tertiary/aromatic N) is 2. The predicted octanol–water partition coefficient (Wildman–Crippen LogP) is 6.83. The van der Waals surface area contributed by atoms with E-state index in [4.69, 9.17) is 46.4 Å². The van der Waals surface area contributed by atoms with Crippen molar-refractivity contribution in [2.45, 2.75) is 44.2 Å². The highest BCUT2D eigenvalue weighted by Crippen LogP contribution is 2.30. The standard InChI is InChI=1S/C28H29Cl4N3O4S/c1-3-12-33-28(37)26(4-2)34(17-19-10-11-20(29)16-25(19)32)27(36)18-35(23-14-21(30)13-22(31)15-23)40(38,39)24-8-6-5-7-9-24/h5-11,13-16,26H,3-4,12,17-18H2,1-2H3,(H,33,37)/t26-/m0/s1. The maximum absolute atomic E-state index is 14.0. The summed E-state index contributed by atoms with van der Waals surface area (Å²) in [4.78, 5) is 28.5. The van der Waals surface area contributed by atoms with Crippen LogP contribution in [0.4, 0.5) is 5.69 Å². The molecule has 40 heavy (non-hydrogen) atoms. The van der Waals surface area contributed by atoms with Crippen molar-refractivity contribution in [2.75, 3.05) is 17.4 Å². The SMILES string of the molecule is CCCNC(=O)[C@H](CC)N(Cc1ccc(Cl)cc1Cl)C(=O)CN(c1cc(Cl)cc(Cl)c1)S(=O)(=O)c1ccccc1. The Labute approximate surface area is 255 Å². The Morgan fingerprint density at radius 1 is 0.875 bits per heavy atom. The van der Waals surface area contributed by atoms with Crippen molar-refractivity contribution < 1.29 is 18.0 Å². The van der Waals surface area contributed by atoms with Crippen molar-refractivity contribution in [3.63, 3.8) is 0 Å². The van der Waals surface area contributed by atoms with Gasteiger partial charge in [-0.1, -0.05) is 84.5 Å². The van der Waals surface area contributed by atoms with E-state index in [1.165, 1.54) is 35.2 Å². The largest absolute Gasteiger partial charge is 0.354 e. The van der Waals surface area contributed by atoms with Crippen LogP contribution >= 0.6 is 46.4 Å². The molecule has 0 radical (unpaired) electrons. The van der Waals surface area contributed by atoms with Gasteiger partial charge in [-0.25, -0.2) is 8.42 Å². The first-order chi connectivity index (χ1) is 19.0. The molecular formula is C28H29Cl4N3O4S. The molecule has 0 aromatic heterocycles. The van der Waals surface area contributed by atoms with Gasteiger partial charge in [-0.2, -0.15) is 0 Å². The van der Waals surface area contributed by atoms with E-state index in [-0.39, 0.29) is 39.5 Å². The Kier molecular flexibility index (Phi) is 11.5. The maximum atomic E-state index is 14.0. The highest BCUT2D eigenvalue weighted by atomic mass is 35.5. The second kappa shape index (κ2) is 14.4. The van der Waals surface area contributed by atoms with Crippen molar-refractivity contribution in [3.8, 4) is 0 Å². The molecule has 0 aliphatic heterocycles. The third-order valence-electron chi connectivity index (χ3n) is 6.04. The number of rotatable bonds is 12. The normalized spacial score (nSPS) is 12.1. The van der Waals surface area contributed by atoms with Gasteiger partial charge in [-0.15, -0.1) is 0 Å². The summed E-state index contributed by atoms with van der Waals surface area (Å²) in [6.45, 7) is 3.43. The van der Waals surface area contributed by atoms with Crippen molar-refractivity contribution in [1.29, 1.82) is 0 Å². The van der Waals surface area contributed by atoms with E-state index in [1.54, 1.807) is 43.3 Å². The van der Waals surface area contributed by atoms with Crippen LogP contribution in [-0.4, -0.2) is 44.3 Å². The van der Waals surface area contributed by atoms with Gasteiger partial charge >= 0.3 is 0 Å². The number of hydrogen-bond donors (Lipinski definition) is 1. The zero-order valence-electron chi connectivity index (χ0n) is 21.9. The molecule has 12 heteroatoms. The molecule has 0 saturated heterocycles. The highest BCUT2D eigenvalue weighted by Gasteiger charge is 2.34. The summed E-state index contributed by atoms with van der Waals surface area (Å²) in [5.74, 6) is -0.980. The first kappa shape index (κ1) is 32.0. The van der Waals surface area contributed by atoms with Crippen LogP contribution in [0.25, 0.3) is 0 Å². The van der Waals surface area contributed by atoms with Gasteiger partial charge in [0.1, 0.15) is 12.6 Å². The number of anilines is 1. The van der Waals surface area contributed by atoms with Gasteiger partial charge in [0.05, 0.1) is 10.6 Å². The monoisotopic (exact) mass is 643 g/mol. The minimum absolute atomic E-state index is 0.0288. The quantitative estimate of drug-likeness (QED) is 0.234. The summed E-state index contributed by atoms with van der Waals surface area (Å²) in [7, 11) is -4.25. The topological polar surface area (TPSA) is 86.8 Å². The maximum Gasteiger partial charge on any atom is 0.264 e. The minimum Gasteiger partial charge on any atom is -0.354 e. The summed E-state index contributed by atoms with van der Waals surface area (Å²) in [5.41, 5.74) is 0.645. The first-order valence-electron chi connectivity index (χ1n) is 12.5. The van der Waals surface area contributed by atoms with E-state index >= 15 is 0 Å². The third kappa shape index (κ3) is 8.04. The van der Waals surface area contributed by atoms with Gasteiger partial charge in [0, 0.05) is 33.2 Å².